The predicted molar refractivity (Wildman–Crippen MR) is 129 cm³/mol. The molecule has 0 saturated heterocycles. The Balaban J connectivity index is 1.26. The van der Waals surface area contributed by atoms with Crippen molar-refractivity contribution in [3.8, 4) is 0 Å². The van der Waals surface area contributed by atoms with Gasteiger partial charge in [-0.05, 0) is 66.1 Å². The largest absolute Gasteiger partial charge is 0.383 e. The van der Waals surface area contributed by atoms with Crippen molar-refractivity contribution in [1.29, 1.82) is 0 Å². The van der Waals surface area contributed by atoms with Gasteiger partial charge in [0.05, 0.1) is 6.61 Å². The summed E-state index contributed by atoms with van der Waals surface area (Å²) in [5.74, 6) is -0.0984. The Labute approximate surface area is 188 Å². The van der Waals surface area contributed by atoms with Gasteiger partial charge in [-0.3, -0.25) is 4.79 Å². The average molecular weight is 426 g/mol. The lowest BCUT2D eigenvalue weighted by molar-refractivity contribution is 0.102. The molecule has 0 atom stereocenters. The van der Waals surface area contributed by atoms with Crippen LogP contribution in [-0.2, 0) is 24.2 Å². The smallest absolute Gasteiger partial charge is 0.255 e. The van der Waals surface area contributed by atoms with Crippen LogP contribution in [-0.4, -0.2) is 30.7 Å². The van der Waals surface area contributed by atoms with Crippen LogP contribution < -0.4 is 10.2 Å². The fourth-order valence-electron chi connectivity index (χ4n) is 4.41. The number of nitrogens with zero attached hydrogens (tertiary/aromatic N) is 2. The Kier molecular flexibility index (Phi) is 5.65. The summed E-state index contributed by atoms with van der Waals surface area (Å²) in [6.45, 7) is 3.38. The van der Waals surface area contributed by atoms with Gasteiger partial charge in [-0.2, -0.15) is 0 Å². The summed E-state index contributed by atoms with van der Waals surface area (Å²) in [5.41, 5.74) is 6.55. The minimum atomic E-state index is -0.0984. The zero-order chi connectivity index (χ0) is 21.9. The Bertz CT molecular complexity index is 1240. The molecule has 0 unspecified atom stereocenters. The SMILES string of the molecule is COCCn1ccc2cc(NC(=O)c3ccc(N4CCc5ccccc5C4)cc3)ccc21. The molecule has 0 saturated carbocycles. The van der Waals surface area contributed by atoms with E-state index in [-0.39, 0.29) is 5.91 Å². The number of hydrogen-bond acceptors (Lipinski definition) is 3. The van der Waals surface area contributed by atoms with Crippen LogP contribution >= 0.6 is 0 Å². The number of carbonyl (C=O) groups is 1. The van der Waals surface area contributed by atoms with Crippen LogP contribution in [0.2, 0.25) is 0 Å². The van der Waals surface area contributed by atoms with E-state index in [1.54, 1.807) is 7.11 Å². The lowest BCUT2D eigenvalue weighted by Crippen LogP contribution is -2.30. The molecule has 0 bridgehead atoms. The van der Waals surface area contributed by atoms with Gasteiger partial charge in [0, 0.05) is 60.8 Å². The van der Waals surface area contributed by atoms with Crippen molar-refractivity contribution in [2.75, 3.05) is 30.5 Å². The van der Waals surface area contributed by atoms with Gasteiger partial charge in [-0.15, -0.1) is 0 Å². The number of aromatic nitrogens is 1. The topological polar surface area (TPSA) is 46.5 Å². The van der Waals surface area contributed by atoms with Crippen LogP contribution in [0.5, 0.6) is 0 Å². The van der Waals surface area contributed by atoms with E-state index in [2.05, 4.69) is 45.1 Å². The monoisotopic (exact) mass is 425 g/mol. The van der Waals surface area contributed by atoms with Gasteiger partial charge in [0.15, 0.2) is 0 Å². The quantitative estimate of drug-likeness (QED) is 0.467. The molecular weight excluding hydrogens is 398 g/mol. The zero-order valence-corrected chi connectivity index (χ0v) is 18.3. The number of anilines is 2. The molecule has 4 aromatic rings. The highest BCUT2D eigenvalue weighted by molar-refractivity contribution is 6.05. The van der Waals surface area contributed by atoms with Gasteiger partial charge in [-0.25, -0.2) is 0 Å². The molecule has 0 spiro atoms. The van der Waals surface area contributed by atoms with Gasteiger partial charge >= 0.3 is 0 Å². The first-order chi connectivity index (χ1) is 15.7. The molecule has 5 nitrogen and oxygen atoms in total. The van der Waals surface area contributed by atoms with Gasteiger partial charge < -0.3 is 19.5 Å². The summed E-state index contributed by atoms with van der Waals surface area (Å²) in [6.07, 6.45) is 3.10. The fourth-order valence-corrected chi connectivity index (χ4v) is 4.41. The third-order valence-electron chi connectivity index (χ3n) is 6.19. The first-order valence-electron chi connectivity index (χ1n) is 11.0. The van der Waals surface area contributed by atoms with E-state index >= 15 is 0 Å². The summed E-state index contributed by atoms with van der Waals surface area (Å²) in [5, 5.41) is 4.13. The average Bonchev–Trinajstić information content (AvgIpc) is 3.24. The first-order valence-corrected chi connectivity index (χ1v) is 11.0. The molecule has 0 aliphatic carbocycles. The predicted octanol–water partition coefficient (Wildman–Crippen LogP) is 5.10. The molecule has 1 aromatic heterocycles. The maximum atomic E-state index is 12.8. The van der Waals surface area contributed by atoms with Crippen molar-refractivity contribution in [2.24, 2.45) is 0 Å². The van der Waals surface area contributed by atoms with Gasteiger partial charge in [0.1, 0.15) is 0 Å². The summed E-state index contributed by atoms with van der Waals surface area (Å²) in [4.78, 5) is 15.2. The highest BCUT2D eigenvalue weighted by Crippen LogP contribution is 2.25. The van der Waals surface area contributed by atoms with Crippen molar-refractivity contribution in [1.82, 2.24) is 4.57 Å². The second kappa shape index (κ2) is 8.89. The van der Waals surface area contributed by atoms with E-state index in [9.17, 15) is 4.79 Å². The summed E-state index contributed by atoms with van der Waals surface area (Å²) in [6, 6.07) is 24.6. The molecule has 162 valence electrons. The van der Waals surface area contributed by atoms with E-state index in [1.165, 1.54) is 11.1 Å². The van der Waals surface area contributed by atoms with Gasteiger partial charge in [0.25, 0.3) is 5.91 Å². The third kappa shape index (κ3) is 4.12. The maximum absolute atomic E-state index is 12.8. The molecule has 0 fully saturated rings. The van der Waals surface area contributed by atoms with E-state index in [0.717, 1.165) is 48.3 Å². The lowest BCUT2D eigenvalue weighted by atomic mass is 9.99. The highest BCUT2D eigenvalue weighted by Gasteiger charge is 2.16. The number of amides is 1. The number of methoxy groups -OCH3 is 1. The maximum Gasteiger partial charge on any atom is 0.255 e. The number of rotatable bonds is 6. The Morgan fingerprint density at radius 3 is 2.62 bits per heavy atom. The van der Waals surface area contributed by atoms with E-state index in [4.69, 9.17) is 4.74 Å². The van der Waals surface area contributed by atoms with Gasteiger partial charge in [0.2, 0.25) is 0 Å². The second-order valence-electron chi connectivity index (χ2n) is 8.22. The summed E-state index contributed by atoms with van der Waals surface area (Å²) >= 11 is 0. The number of hydrogen-bond donors (Lipinski definition) is 1. The van der Waals surface area contributed by atoms with E-state index < -0.39 is 0 Å². The molecule has 1 aliphatic rings. The van der Waals surface area contributed by atoms with Crippen LogP contribution in [0.3, 0.4) is 0 Å². The molecule has 3 aromatic carbocycles. The summed E-state index contributed by atoms with van der Waals surface area (Å²) < 4.78 is 7.33. The fraction of sp³-hybridized carbons (Fsp3) is 0.222. The standard InChI is InChI=1S/C27H27N3O2/c1-32-17-16-29-14-13-22-18-24(8-11-26(22)29)28-27(31)21-6-9-25(10-7-21)30-15-12-20-4-2-3-5-23(20)19-30/h2-11,13-14,18H,12,15-17,19H2,1H3,(H,28,31). The minimum Gasteiger partial charge on any atom is -0.383 e. The molecule has 1 aliphatic heterocycles. The second-order valence-corrected chi connectivity index (χ2v) is 8.22. The van der Waals surface area contributed by atoms with Crippen LogP contribution in [0.15, 0.2) is 79.0 Å². The van der Waals surface area contributed by atoms with Crippen molar-refractivity contribution in [3.63, 3.8) is 0 Å². The molecule has 2 heterocycles. The number of carbonyl (C=O) groups excluding carboxylic acids is 1. The number of fused-ring (bicyclic) bond motifs is 2. The Morgan fingerprint density at radius 1 is 1.00 bits per heavy atom. The van der Waals surface area contributed by atoms with Crippen molar-refractivity contribution in [2.45, 2.75) is 19.5 Å². The normalized spacial score (nSPS) is 13.2. The van der Waals surface area contributed by atoms with Crippen molar-refractivity contribution >= 4 is 28.2 Å². The van der Waals surface area contributed by atoms with Gasteiger partial charge in [-0.1, -0.05) is 24.3 Å². The van der Waals surface area contributed by atoms with Crippen LogP contribution in [0.1, 0.15) is 21.5 Å². The first kappa shape index (κ1) is 20.3. The van der Waals surface area contributed by atoms with Crippen LogP contribution in [0, 0.1) is 0 Å². The third-order valence-corrected chi connectivity index (χ3v) is 6.19. The molecule has 1 amide bonds. The Hall–Kier alpha value is -3.57. The molecule has 5 rings (SSSR count). The molecule has 5 heteroatoms. The van der Waals surface area contributed by atoms with Crippen LogP contribution in [0.4, 0.5) is 11.4 Å². The number of ether oxygens (including phenoxy) is 1. The van der Waals surface area contributed by atoms with E-state index in [0.29, 0.717) is 12.2 Å². The zero-order valence-electron chi connectivity index (χ0n) is 18.3. The Morgan fingerprint density at radius 2 is 1.81 bits per heavy atom. The van der Waals surface area contributed by atoms with E-state index in [1.807, 2.05) is 48.7 Å². The van der Waals surface area contributed by atoms with Crippen LogP contribution in [0.25, 0.3) is 10.9 Å². The lowest BCUT2D eigenvalue weighted by Gasteiger charge is -2.30. The summed E-state index contributed by atoms with van der Waals surface area (Å²) in [7, 11) is 1.71. The molecular formula is C27H27N3O2. The number of benzene rings is 3. The van der Waals surface area contributed by atoms with Crippen molar-refractivity contribution in [3.05, 3.63) is 95.7 Å². The molecule has 1 N–H and O–H groups in total. The highest BCUT2D eigenvalue weighted by atomic mass is 16.5. The molecule has 0 radical (unpaired) electrons. The number of nitrogens with one attached hydrogen (secondary N) is 1. The minimum absolute atomic E-state index is 0.0984. The van der Waals surface area contributed by atoms with Crippen molar-refractivity contribution < 1.29 is 9.53 Å². The molecule has 32 heavy (non-hydrogen) atoms.